The molecule has 2 heterocycles. The molecule has 0 atom stereocenters. The topological polar surface area (TPSA) is 97.4 Å². The van der Waals surface area contributed by atoms with Crippen molar-refractivity contribution in [3.8, 4) is 11.5 Å². The van der Waals surface area contributed by atoms with Gasteiger partial charge >= 0.3 is 0 Å². The van der Waals surface area contributed by atoms with Gasteiger partial charge in [-0.2, -0.15) is 0 Å². The smallest absolute Gasteiger partial charge is 0.240 e. The third kappa shape index (κ3) is 4.21. The number of nitrogens with zero attached hydrogens (tertiary/aromatic N) is 2. The van der Waals surface area contributed by atoms with Gasteiger partial charge in [0, 0.05) is 24.5 Å². The number of nitrogens with one attached hydrogen (secondary N) is 3. The zero-order valence-corrected chi connectivity index (χ0v) is 19.4. The first-order valence-electron chi connectivity index (χ1n) is 11.2. The fourth-order valence-electron chi connectivity index (χ4n) is 4.66. The number of aromatic nitrogens is 2. The molecule has 0 unspecified atom stereocenters. The summed E-state index contributed by atoms with van der Waals surface area (Å²) in [5.41, 5.74) is 0.328. The number of hydrogen-bond acceptors (Lipinski definition) is 7. The van der Waals surface area contributed by atoms with E-state index in [-0.39, 0.29) is 22.7 Å². The highest BCUT2D eigenvalue weighted by Gasteiger charge is 2.43. The fourth-order valence-corrected chi connectivity index (χ4v) is 4.83. The molecular formula is C24H25ClFN5O3. The summed E-state index contributed by atoms with van der Waals surface area (Å²) in [7, 11) is 1.57. The van der Waals surface area contributed by atoms with E-state index in [1.807, 2.05) is 0 Å². The highest BCUT2D eigenvalue weighted by molar-refractivity contribution is 6.31. The molecular weight excluding hydrogens is 461 g/mol. The molecule has 1 saturated carbocycles. The SMILES string of the molecule is COc1cc2ncnc(Nc3cccc(Cl)c3F)c2cc1OC1CCC2(CC1)NCCNC2=O. The van der Waals surface area contributed by atoms with Gasteiger partial charge in [-0.3, -0.25) is 4.79 Å². The molecule has 1 aliphatic heterocycles. The number of hydrogen-bond donors (Lipinski definition) is 3. The van der Waals surface area contributed by atoms with Gasteiger partial charge in [-0.1, -0.05) is 17.7 Å². The van der Waals surface area contributed by atoms with Crippen LogP contribution in [0, 0.1) is 5.82 Å². The van der Waals surface area contributed by atoms with E-state index in [0.717, 1.165) is 19.4 Å². The first kappa shape index (κ1) is 22.6. The molecule has 34 heavy (non-hydrogen) atoms. The van der Waals surface area contributed by atoms with Gasteiger partial charge in [-0.05, 0) is 43.9 Å². The quantitative estimate of drug-likeness (QED) is 0.503. The van der Waals surface area contributed by atoms with Gasteiger partial charge in [-0.15, -0.1) is 0 Å². The van der Waals surface area contributed by atoms with Crippen LogP contribution in [-0.2, 0) is 4.79 Å². The zero-order valence-electron chi connectivity index (χ0n) is 18.7. The number of methoxy groups -OCH3 is 1. The first-order valence-corrected chi connectivity index (χ1v) is 11.6. The van der Waals surface area contributed by atoms with E-state index < -0.39 is 11.4 Å². The lowest BCUT2D eigenvalue weighted by Crippen LogP contribution is -2.64. The molecule has 3 aromatic rings. The molecule has 2 aromatic carbocycles. The summed E-state index contributed by atoms with van der Waals surface area (Å²) >= 11 is 5.92. The third-order valence-electron chi connectivity index (χ3n) is 6.51. The average molecular weight is 486 g/mol. The standard InChI is InChI=1S/C24H25ClFN5O3/c1-33-19-12-18-15(22(29-13-28-18)31-17-4-2-3-16(25)21(17)26)11-20(19)34-14-5-7-24(8-6-14)23(32)27-9-10-30-24/h2-4,11-14,30H,5-10H2,1H3,(H,27,32)(H,28,29,31). The molecule has 2 aliphatic rings. The van der Waals surface area contributed by atoms with E-state index in [9.17, 15) is 9.18 Å². The van der Waals surface area contributed by atoms with E-state index in [1.165, 1.54) is 12.4 Å². The minimum absolute atomic E-state index is 0.0188. The Hall–Kier alpha value is -3.17. The highest BCUT2D eigenvalue weighted by atomic mass is 35.5. The van der Waals surface area contributed by atoms with Crippen molar-refractivity contribution in [2.45, 2.75) is 37.3 Å². The molecule has 0 radical (unpaired) electrons. The molecule has 5 rings (SSSR count). The molecule has 1 amide bonds. The first-order chi connectivity index (χ1) is 16.5. The number of rotatable bonds is 5. The monoisotopic (exact) mass is 485 g/mol. The second kappa shape index (κ2) is 9.23. The Morgan fingerprint density at radius 2 is 2.00 bits per heavy atom. The molecule has 10 heteroatoms. The largest absolute Gasteiger partial charge is 0.493 e. The Bertz CT molecular complexity index is 1230. The second-order valence-electron chi connectivity index (χ2n) is 8.55. The van der Waals surface area contributed by atoms with Crippen molar-refractivity contribution in [3.05, 3.63) is 47.5 Å². The zero-order chi connectivity index (χ0) is 23.7. The third-order valence-corrected chi connectivity index (χ3v) is 6.81. The van der Waals surface area contributed by atoms with Gasteiger partial charge < -0.3 is 25.4 Å². The van der Waals surface area contributed by atoms with Crippen LogP contribution in [0.3, 0.4) is 0 Å². The Morgan fingerprint density at radius 1 is 1.18 bits per heavy atom. The highest BCUT2D eigenvalue weighted by Crippen LogP contribution is 2.38. The molecule has 8 nitrogen and oxygen atoms in total. The fraction of sp³-hybridized carbons (Fsp3) is 0.375. The van der Waals surface area contributed by atoms with E-state index in [0.29, 0.717) is 47.6 Å². The summed E-state index contributed by atoms with van der Waals surface area (Å²) in [4.78, 5) is 21.1. The lowest BCUT2D eigenvalue weighted by atomic mass is 9.78. The summed E-state index contributed by atoms with van der Waals surface area (Å²) in [5.74, 6) is 1.02. The Kier molecular flexibility index (Phi) is 6.14. The molecule has 1 aromatic heterocycles. The van der Waals surface area contributed by atoms with Crippen LogP contribution in [0.4, 0.5) is 15.9 Å². The number of fused-ring (bicyclic) bond motifs is 1. The van der Waals surface area contributed by atoms with Crippen molar-refractivity contribution in [3.63, 3.8) is 0 Å². The number of anilines is 2. The molecule has 0 bridgehead atoms. The minimum atomic E-state index is -0.558. The van der Waals surface area contributed by atoms with Crippen LogP contribution < -0.4 is 25.4 Å². The molecule has 1 aliphatic carbocycles. The Morgan fingerprint density at radius 3 is 2.76 bits per heavy atom. The van der Waals surface area contributed by atoms with Crippen molar-refractivity contribution in [1.82, 2.24) is 20.6 Å². The normalized spacial score (nSPS) is 22.4. The van der Waals surface area contributed by atoms with Crippen LogP contribution in [0.15, 0.2) is 36.7 Å². The van der Waals surface area contributed by atoms with Crippen molar-refractivity contribution in [2.24, 2.45) is 0 Å². The van der Waals surface area contributed by atoms with Gasteiger partial charge in [0.1, 0.15) is 12.1 Å². The van der Waals surface area contributed by atoms with E-state index >= 15 is 0 Å². The minimum Gasteiger partial charge on any atom is -0.493 e. The number of piperazine rings is 1. The number of ether oxygens (including phenoxy) is 2. The lowest BCUT2D eigenvalue weighted by Gasteiger charge is -2.42. The van der Waals surface area contributed by atoms with Gasteiger partial charge in [0.2, 0.25) is 5.91 Å². The second-order valence-corrected chi connectivity index (χ2v) is 8.96. The lowest BCUT2D eigenvalue weighted by molar-refractivity contribution is -0.131. The van der Waals surface area contributed by atoms with E-state index in [4.69, 9.17) is 21.1 Å². The number of carbonyl (C=O) groups excluding carboxylic acids is 1. The molecule has 3 N–H and O–H groups in total. The van der Waals surface area contributed by atoms with Crippen LogP contribution in [-0.4, -0.2) is 47.7 Å². The predicted octanol–water partition coefficient (Wildman–Crippen LogP) is 3.95. The molecule has 178 valence electrons. The van der Waals surface area contributed by atoms with Crippen LogP contribution in [0.5, 0.6) is 11.5 Å². The molecule has 1 saturated heterocycles. The summed E-state index contributed by atoms with van der Waals surface area (Å²) in [5, 5.41) is 10.0. The van der Waals surface area contributed by atoms with Crippen molar-refractivity contribution < 1.29 is 18.7 Å². The number of amides is 1. The van der Waals surface area contributed by atoms with Crippen LogP contribution in [0.2, 0.25) is 5.02 Å². The van der Waals surface area contributed by atoms with Gasteiger partial charge in [0.25, 0.3) is 0 Å². The van der Waals surface area contributed by atoms with Gasteiger partial charge in [0.05, 0.1) is 35.0 Å². The van der Waals surface area contributed by atoms with Crippen LogP contribution in [0.1, 0.15) is 25.7 Å². The van der Waals surface area contributed by atoms with Crippen LogP contribution >= 0.6 is 11.6 Å². The van der Waals surface area contributed by atoms with E-state index in [2.05, 4.69) is 25.9 Å². The van der Waals surface area contributed by atoms with Gasteiger partial charge in [0.15, 0.2) is 17.3 Å². The maximum absolute atomic E-state index is 14.5. The predicted molar refractivity (Wildman–Crippen MR) is 127 cm³/mol. The average Bonchev–Trinajstić information content (AvgIpc) is 2.85. The Labute approximate surface area is 201 Å². The summed E-state index contributed by atoms with van der Waals surface area (Å²) in [6.07, 6.45) is 4.18. The van der Waals surface area contributed by atoms with Crippen molar-refractivity contribution in [2.75, 3.05) is 25.5 Å². The maximum atomic E-state index is 14.5. The number of halogens is 2. The summed E-state index contributed by atoms with van der Waals surface area (Å²) < 4.78 is 26.4. The van der Waals surface area contributed by atoms with Crippen LogP contribution in [0.25, 0.3) is 10.9 Å². The molecule has 2 fully saturated rings. The summed E-state index contributed by atoms with van der Waals surface area (Å²) in [6.45, 7) is 1.44. The molecule has 1 spiro atoms. The van der Waals surface area contributed by atoms with Gasteiger partial charge in [-0.25, -0.2) is 14.4 Å². The Balaban J connectivity index is 1.41. The van der Waals surface area contributed by atoms with Crippen molar-refractivity contribution in [1.29, 1.82) is 0 Å². The summed E-state index contributed by atoms with van der Waals surface area (Å²) in [6, 6.07) is 8.30. The van der Waals surface area contributed by atoms with Crippen molar-refractivity contribution >= 4 is 39.9 Å². The number of carbonyl (C=O) groups is 1. The number of benzene rings is 2. The van der Waals surface area contributed by atoms with E-state index in [1.54, 1.807) is 31.4 Å². The maximum Gasteiger partial charge on any atom is 0.240 e.